The molecule has 0 atom stereocenters. The van der Waals surface area contributed by atoms with Crippen molar-refractivity contribution in [2.75, 3.05) is 13.7 Å². The molecule has 86 valence electrons. The van der Waals surface area contributed by atoms with Crippen molar-refractivity contribution in [1.82, 2.24) is 0 Å². The Morgan fingerprint density at radius 1 is 1.44 bits per heavy atom. The number of esters is 1. The van der Waals surface area contributed by atoms with Gasteiger partial charge in [-0.05, 0) is 24.6 Å². The van der Waals surface area contributed by atoms with Crippen LogP contribution in [0.1, 0.15) is 12.5 Å². The maximum absolute atomic E-state index is 11.1. The largest absolute Gasteiger partial charge is 0.497 e. The number of ether oxygens (including phenoxy) is 2. The molecule has 0 aliphatic carbocycles. The van der Waals surface area contributed by atoms with Crippen LogP contribution >= 0.6 is 0 Å². The SMILES string of the molecule is C=C(C)C(=O)OCCc1cccc(OC)c1. The van der Waals surface area contributed by atoms with Crippen LogP contribution in [-0.4, -0.2) is 19.7 Å². The Labute approximate surface area is 95.7 Å². The zero-order chi connectivity index (χ0) is 12.0. The first-order valence-corrected chi connectivity index (χ1v) is 5.09. The number of rotatable bonds is 5. The van der Waals surface area contributed by atoms with Crippen molar-refractivity contribution in [2.24, 2.45) is 0 Å². The second-order valence-corrected chi connectivity index (χ2v) is 3.52. The lowest BCUT2D eigenvalue weighted by atomic mass is 10.1. The summed E-state index contributed by atoms with van der Waals surface area (Å²) >= 11 is 0. The van der Waals surface area contributed by atoms with Crippen LogP contribution in [0.4, 0.5) is 0 Å². The molecule has 0 spiro atoms. The van der Waals surface area contributed by atoms with Crippen molar-refractivity contribution in [3.63, 3.8) is 0 Å². The van der Waals surface area contributed by atoms with E-state index in [4.69, 9.17) is 9.47 Å². The molecule has 0 fully saturated rings. The van der Waals surface area contributed by atoms with Gasteiger partial charge in [0.25, 0.3) is 0 Å². The van der Waals surface area contributed by atoms with Crippen molar-refractivity contribution < 1.29 is 14.3 Å². The number of methoxy groups -OCH3 is 1. The molecule has 1 aromatic rings. The molecule has 0 aliphatic heterocycles. The number of hydrogen-bond acceptors (Lipinski definition) is 3. The molecular weight excluding hydrogens is 204 g/mol. The van der Waals surface area contributed by atoms with Gasteiger partial charge in [0.15, 0.2) is 0 Å². The lowest BCUT2D eigenvalue weighted by Gasteiger charge is -2.05. The Balaban J connectivity index is 2.42. The summed E-state index contributed by atoms with van der Waals surface area (Å²) in [6.07, 6.45) is 0.677. The standard InChI is InChI=1S/C13H16O3/c1-10(2)13(14)16-8-7-11-5-4-6-12(9-11)15-3/h4-6,9H,1,7-8H2,2-3H3. The average Bonchev–Trinajstić information content (AvgIpc) is 2.29. The molecule has 0 amide bonds. The molecule has 1 rings (SSSR count). The highest BCUT2D eigenvalue weighted by Crippen LogP contribution is 2.12. The molecule has 0 radical (unpaired) electrons. The fraction of sp³-hybridized carbons (Fsp3) is 0.308. The first kappa shape index (κ1) is 12.3. The zero-order valence-electron chi connectivity index (χ0n) is 9.66. The summed E-state index contributed by atoms with van der Waals surface area (Å²) in [5.74, 6) is 0.464. The summed E-state index contributed by atoms with van der Waals surface area (Å²) in [7, 11) is 1.63. The molecule has 0 saturated carbocycles. The Kier molecular flexibility index (Phi) is 4.58. The molecule has 0 saturated heterocycles. The van der Waals surface area contributed by atoms with Gasteiger partial charge in [-0.2, -0.15) is 0 Å². The third-order valence-corrected chi connectivity index (χ3v) is 2.11. The number of benzene rings is 1. The lowest BCUT2D eigenvalue weighted by molar-refractivity contribution is -0.138. The highest BCUT2D eigenvalue weighted by molar-refractivity contribution is 5.86. The predicted molar refractivity (Wildman–Crippen MR) is 62.5 cm³/mol. The van der Waals surface area contributed by atoms with E-state index < -0.39 is 0 Å². The minimum absolute atomic E-state index is 0.345. The minimum atomic E-state index is -0.345. The average molecular weight is 220 g/mol. The van der Waals surface area contributed by atoms with Gasteiger partial charge in [-0.1, -0.05) is 18.7 Å². The maximum atomic E-state index is 11.1. The first-order valence-electron chi connectivity index (χ1n) is 5.09. The minimum Gasteiger partial charge on any atom is -0.497 e. The van der Waals surface area contributed by atoms with Crippen LogP contribution in [0.25, 0.3) is 0 Å². The first-order chi connectivity index (χ1) is 7.63. The smallest absolute Gasteiger partial charge is 0.333 e. The Hall–Kier alpha value is -1.77. The fourth-order valence-electron chi connectivity index (χ4n) is 1.21. The molecule has 0 aliphatic rings. The Bertz CT molecular complexity index is 383. The molecule has 0 bridgehead atoms. The molecule has 0 N–H and O–H groups in total. The summed E-state index contributed by atoms with van der Waals surface area (Å²) in [6.45, 7) is 5.51. The Morgan fingerprint density at radius 2 is 2.19 bits per heavy atom. The van der Waals surface area contributed by atoms with Gasteiger partial charge < -0.3 is 9.47 Å². The highest BCUT2D eigenvalue weighted by Gasteiger charge is 2.03. The van der Waals surface area contributed by atoms with Crippen molar-refractivity contribution in [3.05, 3.63) is 42.0 Å². The molecule has 0 aromatic heterocycles. The summed E-state index contributed by atoms with van der Waals surface area (Å²) in [5.41, 5.74) is 1.50. The predicted octanol–water partition coefficient (Wildman–Crippen LogP) is 2.36. The monoisotopic (exact) mass is 220 g/mol. The van der Waals surface area contributed by atoms with Gasteiger partial charge in [0.1, 0.15) is 5.75 Å². The van der Waals surface area contributed by atoms with Crippen LogP contribution in [0.5, 0.6) is 5.75 Å². The second kappa shape index (κ2) is 5.95. The lowest BCUT2D eigenvalue weighted by Crippen LogP contribution is -2.08. The molecular formula is C13H16O3. The summed E-state index contributed by atoms with van der Waals surface area (Å²) in [6, 6.07) is 7.68. The van der Waals surface area contributed by atoms with Gasteiger partial charge in [-0.15, -0.1) is 0 Å². The van der Waals surface area contributed by atoms with Gasteiger partial charge in [0, 0.05) is 12.0 Å². The fourth-order valence-corrected chi connectivity index (χ4v) is 1.21. The van der Waals surface area contributed by atoms with E-state index in [1.54, 1.807) is 14.0 Å². The zero-order valence-corrected chi connectivity index (χ0v) is 9.66. The van der Waals surface area contributed by atoms with Gasteiger partial charge >= 0.3 is 5.97 Å². The van der Waals surface area contributed by atoms with Crippen molar-refractivity contribution in [1.29, 1.82) is 0 Å². The van der Waals surface area contributed by atoms with Gasteiger partial charge in [0.05, 0.1) is 13.7 Å². The van der Waals surface area contributed by atoms with E-state index in [0.29, 0.717) is 18.6 Å². The van der Waals surface area contributed by atoms with Gasteiger partial charge in [-0.3, -0.25) is 0 Å². The molecule has 1 aromatic carbocycles. The third-order valence-electron chi connectivity index (χ3n) is 2.11. The number of hydrogen-bond donors (Lipinski definition) is 0. The second-order valence-electron chi connectivity index (χ2n) is 3.52. The highest BCUT2D eigenvalue weighted by atomic mass is 16.5. The van der Waals surface area contributed by atoms with E-state index in [-0.39, 0.29) is 5.97 Å². The Morgan fingerprint density at radius 3 is 2.81 bits per heavy atom. The van der Waals surface area contributed by atoms with Crippen LogP contribution in [0.3, 0.4) is 0 Å². The molecule has 3 heteroatoms. The van der Waals surface area contributed by atoms with E-state index in [9.17, 15) is 4.79 Å². The maximum Gasteiger partial charge on any atom is 0.333 e. The third kappa shape index (κ3) is 3.77. The quantitative estimate of drug-likeness (QED) is 0.564. The summed E-state index contributed by atoms with van der Waals surface area (Å²) < 4.78 is 10.1. The van der Waals surface area contributed by atoms with Crippen molar-refractivity contribution in [3.8, 4) is 5.75 Å². The van der Waals surface area contributed by atoms with E-state index in [1.807, 2.05) is 24.3 Å². The van der Waals surface area contributed by atoms with Crippen LogP contribution in [0.15, 0.2) is 36.4 Å². The summed E-state index contributed by atoms with van der Waals surface area (Å²) in [5, 5.41) is 0. The van der Waals surface area contributed by atoms with E-state index in [1.165, 1.54) is 0 Å². The topological polar surface area (TPSA) is 35.5 Å². The van der Waals surface area contributed by atoms with Gasteiger partial charge in [-0.25, -0.2) is 4.79 Å². The van der Waals surface area contributed by atoms with Crippen LogP contribution in [0, 0.1) is 0 Å². The number of carbonyl (C=O) groups is 1. The molecule has 3 nitrogen and oxygen atoms in total. The van der Waals surface area contributed by atoms with Crippen molar-refractivity contribution >= 4 is 5.97 Å². The van der Waals surface area contributed by atoms with Crippen LogP contribution in [0.2, 0.25) is 0 Å². The normalized spacial score (nSPS) is 9.62. The number of carbonyl (C=O) groups excluding carboxylic acids is 1. The molecule has 0 unspecified atom stereocenters. The van der Waals surface area contributed by atoms with E-state index in [2.05, 4.69) is 6.58 Å². The van der Waals surface area contributed by atoms with E-state index in [0.717, 1.165) is 11.3 Å². The van der Waals surface area contributed by atoms with E-state index >= 15 is 0 Å². The molecule has 0 heterocycles. The van der Waals surface area contributed by atoms with Gasteiger partial charge in [0.2, 0.25) is 0 Å². The van der Waals surface area contributed by atoms with Crippen LogP contribution in [-0.2, 0) is 16.0 Å². The van der Waals surface area contributed by atoms with Crippen LogP contribution < -0.4 is 4.74 Å². The summed E-state index contributed by atoms with van der Waals surface area (Å²) in [4.78, 5) is 11.1. The van der Waals surface area contributed by atoms with Crippen molar-refractivity contribution in [2.45, 2.75) is 13.3 Å². The molecule has 16 heavy (non-hydrogen) atoms.